The molecule has 1 aromatic carbocycles. The highest BCUT2D eigenvalue weighted by Gasteiger charge is 2.53. The third-order valence-corrected chi connectivity index (χ3v) is 4.47. The molecule has 2 aliphatic rings. The highest BCUT2D eigenvalue weighted by molar-refractivity contribution is 5.81. The Hall–Kier alpha value is -1.63. The van der Waals surface area contributed by atoms with Gasteiger partial charge in [-0.3, -0.25) is 4.79 Å². The van der Waals surface area contributed by atoms with Gasteiger partial charge in [0.05, 0.1) is 17.4 Å². The normalized spacial score (nSPS) is 26.7. The molecule has 0 spiro atoms. The minimum absolute atomic E-state index is 0.0106. The van der Waals surface area contributed by atoms with Crippen LogP contribution < -0.4 is 10.6 Å². The van der Waals surface area contributed by atoms with Gasteiger partial charge in [0.25, 0.3) is 0 Å². The third kappa shape index (κ3) is 2.69. The molecule has 120 valence electrons. The van der Waals surface area contributed by atoms with E-state index in [1.807, 2.05) is 0 Å². The van der Waals surface area contributed by atoms with Crippen molar-refractivity contribution in [1.29, 1.82) is 0 Å². The van der Waals surface area contributed by atoms with Crippen LogP contribution >= 0.6 is 0 Å². The summed E-state index contributed by atoms with van der Waals surface area (Å²) in [5.74, 6) is -3.96. The van der Waals surface area contributed by atoms with Gasteiger partial charge in [-0.15, -0.1) is 0 Å². The van der Waals surface area contributed by atoms with Crippen molar-refractivity contribution in [2.75, 3.05) is 13.1 Å². The van der Waals surface area contributed by atoms with Crippen LogP contribution in [0.2, 0.25) is 0 Å². The maximum Gasteiger partial charge on any atom is 0.393 e. The number of carbonyl (C=O) groups excluding carboxylic acids is 1. The summed E-state index contributed by atoms with van der Waals surface area (Å²) in [4.78, 5) is 12.3. The Labute approximate surface area is 125 Å². The number of halogens is 4. The van der Waals surface area contributed by atoms with Crippen molar-refractivity contribution in [2.45, 2.75) is 24.6 Å². The van der Waals surface area contributed by atoms with Crippen molar-refractivity contribution < 1.29 is 22.4 Å². The molecule has 7 heteroatoms. The molecule has 1 saturated carbocycles. The van der Waals surface area contributed by atoms with Crippen molar-refractivity contribution in [3.63, 3.8) is 0 Å². The van der Waals surface area contributed by atoms with E-state index >= 15 is 0 Å². The van der Waals surface area contributed by atoms with E-state index in [1.165, 1.54) is 12.1 Å². The number of carbonyl (C=O) groups is 1. The van der Waals surface area contributed by atoms with E-state index in [9.17, 15) is 22.4 Å². The van der Waals surface area contributed by atoms with Gasteiger partial charge in [0.2, 0.25) is 5.91 Å². The first-order valence-electron chi connectivity index (χ1n) is 7.18. The van der Waals surface area contributed by atoms with E-state index in [4.69, 9.17) is 0 Å². The first kappa shape index (κ1) is 15.3. The molecule has 0 aromatic heterocycles. The second kappa shape index (κ2) is 5.22. The molecular weight excluding hydrogens is 300 g/mol. The molecule has 2 atom stereocenters. The number of amides is 1. The summed E-state index contributed by atoms with van der Waals surface area (Å²) in [5.41, 5.74) is -0.501. The molecule has 1 amide bonds. The van der Waals surface area contributed by atoms with Gasteiger partial charge < -0.3 is 10.6 Å². The summed E-state index contributed by atoms with van der Waals surface area (Å²) in [6.45, 7) is -0.266. The summed E-state index contributed by atoms with van der Waals surface area (Å²) >= 11 is 0. The van der Waals surface area contributed by atoms with Crippen molar-refractivity contribution in [3.05, 3.63) is 35.6 Å². The molecule has 1 heterocycles. The zero-order valence-electron chi connectivity index (χ0n) is 11.7. The van der Waals surface area contributed by atoms with Crippen LogP contribution in [0.3, 0.4) is 0 Å². The monoisotopic (exact) mass is 316 g/mol. The van der Waals surface area contributed by atoms with Crippen molar-refractivity contribution in [2.24, 2.45) is 11.8 Å². The highest BCUT2D eigenvalue weighted by Crippen LogP contribution is 2.47. The van der Waals surface area contributed by atoms with Crippen LogP contribution in [0.4, 0.5) is 17.6 Å². The molecular formula is C15H16F4N2O. The SMILES string of the molecule is O=C(NC1(c2ccccc2F)CC1)[C@@H]1CNC[C@H]1C(F)(F)F. The highest BCUT2D eigenvalue weighted by atomic mass is 19.4. The van der Waals surface area contributed by atoms with Crippen molar-refractivity contribution in [1.82, 2.24) is 10.6 Å². The van der Waals surface area contributed by atoms with Crippen LogP contribution in [0.25, 0.3) is 0 Å². The van der Waals surface area contributed by atoms with Crippen LogP contribution in [0.15, 0.2) is 24.3 Å². The molecule has 1 saturated heterocycles. The van der Waals surface area contributed by atoms with E-state index in [0.717, 1.165) is 0 Å². The number of rotatable bonds is 3. The predicted octanol–water partition coefficient (Wildman–Crippen LogP) is 2.33. The lowest BCUT2D eigenvalue weighted by molar-refractivity contribution is -0.182. The minimum Gasteiger partial charge on any atom is -0.346 e. The molecule has 0 unspecified atom stereocenters. The summed E-state index contributed by atoms with van der Waals surface area (Å²) in [7, 11) is 0. The van der Waals surface area contributed by atoms with Crippen LogP contribution in [-0.4, -0.2) is 25.2 Å². The molecule has 0 bridgehead atoms. The summed E-state index contributed by atoms with van der Waals surface area (Å²) in [6.07, 6.45) is -3.34. The molecule has 1 aliphatic heterocycles. The Bertz CT molecular complexity index is 583. The molecule has 3 rings (SSSR count). The number of benzene rings is 1. The average Bonchev–Trinajstić information content (AvgIpc) is 3.02. The lowest BCUT2D eigenvalue weighted by Crippen LogP contribution is -2.44. The maximum atomic E-state index is 13.9. The van der Waals surface area contributed by atoms with E-state index in [-0.39, 0.29) is 13.1 Å². The fraction of sp³-hybridized carbons (Fsp3) is 0.533. The van der Waals surface area contributed by atoms with Crippen molar-refractivity contribution in [3.8, 4) is 0 Å². The van der Waals surface area contributed by atoms with Gasteiger partial charge in [-0.1, -0.05) is 18.2 Å². The van der Waals surface area contributed by atoms with Gasteiger partial charge in [-0.25, -0.2) is 4.39 Å². The maximum absolute atomic E-state index is 13.9. The van der Waals surface area contributed by atoms with Gasteiger partial charge >= 0.3 is 6.18 Å². The van der Waals surface area contributed by atoms with Crippen molar-refractivity contribution >= 4 is 5.91 Å². The van der Waals surface area contributed by atoms with Gasteiger partial charge in [-0.05, 0) is 18.9 Å². The molecule has 2 fully saturated rings. The zero-order valence-corrected chi connectivity index (χ0v) is 11.7. The Morgan fingerprint density at radius 2 is 1.91 bits per heavy atom. The number of hydrogen-bond acceptors (Lipinski definition) is 2. The molecule has 2 N–H and O–H groups in total. The van der Waals surface area contributed by atoms with Gasteiger partial charge in [0.15, 0.2) is 0 Å². The largest absolute Gasteiger partial charge is 0.393 e. The third-order valence-electron chi connectivity index (χ3n) is 4.47. The molecule has 3 nitrogen and oxygen atoms in total. The van der Waals surface area contributed by atoms with E-state index < -0.39 is 35.3 Å². The molecule has 1 aliphatic carbocycles. The second-order valence-electron chi connectivity index (χ2n) is 5.96. The van der Waals surface area contributed by atoms with Gasteiger partial charge in [0.1, 0.15) is 5.82 Å². The predicted molar refractivity (Wildman–Crippen MR) is 71.4 cm³/mol. The number of nitrogens with one attached hydrogen (secondary N) is 2. The van der Waals surface area contributed by atoms with Crippen LogP contribution in [0.1, 0.15) is 18.4 Å². The summed E-state index contributed by atoms with van der Waals surface area (Å²) in [6, 6.07) is 6.05. The first-order chi connectivity index (χ1) is 10.3. The van der Waals surface area contributed by atoms with E-state index in [2.05, 4.69) is 10.6 Å². The minimum atomic E-state index is -4.42. The lowest BCUT2D eigenvalue weighted by atomic mass is 9.93. The fourth-order valence-electron chi connectivity index (χ4n) is 3.06. The first-order valence-corrected chi connectivity index (χ1v) is 7.18. The second-order valence-corrected chi connectivity index (χ2v) is 5.96. The Balaban J connectivity index is 1.76. The van der Waals surface area contributed by atoms with Crippen LogP contribution in [-0.2, 0) is 10.3 Å². The van der Waals surface area contributed by atoms with Gasteiger partial charge in [0, 0.05) is 18.7 Å². The fourth-order valence-corrected chi connectivity index (χ4v) is 3.06. The quantitative estimate of drug-likeness (QED) is 0.841. The lowest BCUT2D eigenvalue weighted by Gasteiger charge is -2.25. The summed E-state index contributed by atoms with van der Waals surface area (Å²) < 4.78 is 52.7. The number of alkyl halides is 3. The Morgan fingerprint density at radius 3 is 2.50 bits per heavy atom. The van der Waals surface area contributed by atoms with Gasteiger partial charge in [-0.2, -0.15) is 13.2 Å². The smallest absolute Gasteiger partial charge is 0.346 e. The topological polar surface area (TPSA) is 41.1 Å². The van der Waals surface area contributed by atoms with E-state index in [1.54, 1.807) is 12.1 Å². The standard InChI is InChI=1S/C15H16F4N2O/c16-12-4-2-1-3-10(12)14(5-6-14)21-13(22)9-7-20-8-11(9)15(17,18)19/h1-4,9,11,20H,5-8H2,(H,21,22)/t9-,11-/m1/s1. The molecule has 22 heavy (non-hydrogen) atoms. The Morgan fingerprint density at radius 1 is 1.23 bits per heavy atom. The summed E-state index contributed by atoms with van der Waals surface area (Å²) in [5, 5.41) is 5.26. The van der Waals surface area contributed by atoms with Crippen LogP contribution in [0.5, 0.6) is 0 Å². The van der Waals surface area contributed by atoms with E-state index in [0.29, 0.717) is 18.4 Å². The Kier molecular flexibility index (Phi) is 3.63. The molecule has 1 aromatic rings. The zero-order chi connectivity index (χ0) is 16.0. The number of hydrogen-bond donors (Lipinski definition) is 2. The average molecular weight is 316 g/mol. The molecule has 0 radical (unpaired) electrons. The van der Waals surface area contributed by atoms with Crippen LogP contribution in [0, 0.1) is 17.7 Å².